The van der Waals surface area contributed by atoms with Gasteiger partial charge in [0.2, 0.25) is 0 Å². The highest BCUT2D eigenvalue weighted by Gasteiger charge is 2.06. The molecule has 56 valence electrons. The molecule has 3 nitrogen and oxygen atoms in total. The lowest BCUT2D eigenvalue weighted by molar-refractivity contribution is 0.234. The number of aliphatic hydroxyl groups is 1. The SMILES string of the molecule is C[C@H](O)C1=CC(N)NC=C1. The molecular formula is C7H12N2O. The topological polar surface area (TPSA) is 58.3 Å². The van der Waals surface area contributed by atoms with Crippen LogP contribution in [0, 0.1) is 0 Å². The van der Waals surface area contributed by atoms with E-state index in [0.29, 0.717) is 0 Å². The Morgan fingerprint density at radius 1 is 1.80 bits per heavy atom. The zero-order valence-corrected chi connectivity index (χ0v) is 5.91. The van der Waals surface area contributed by atoms with E-state index in [1.807, 2.05) is 6.08 Å². The van der Waals surface area contributed by atoms with Crippen LogP contribution in [-0.2, 0) is 0 Å². The second kappa shape index (κ2) is 2.86. The lowest BCUT2D eigenvalue weighted by Crippen LogP contribution is -2.34. The average molecular weight is 140 g/mol. The standard InChI is InChI=1S/C7H12N2O/c1-5(10)6-2-3-9-7(8)4-6/h2-5,7,9-10H,8H2,1H3/t5-,7?/m0/s1. The molecule has 0 fully saturated rings. The van der Waals surface area contributed by atoms with Gasteiger partial charge in [-0.05, 0) is 30.8 Å². The third kappa shape index (κ3) is 1.59. The van der Waals surface area contributed by atoms with Gasteiger partial charge < -0.3 is 16.2 Å². The molecule has 1 aliphatic rings. The van der Waals surface area contributed by atoms with E-state index >= 15 is 0 Å². The van der Waals surface area contributed by atoms with Crippen molar-refractivity contribution in [3.63, 3.8) is 0 Å². The molecule has 1 unspecified atom stereocenters. The van der Waals surface area contributed by atoms with Gasteiger partial charge in [0.15, 0.2) is 0 Å². The van der Waals surface area contributed by atoms with Gasteiger partial charge in [0.1, 0.15) is 0 Å². The van der Waals surface area contributed by atoms with Crippen molar-refractivity contribution in [1.29, 1.82) is 0 Å². The van der Waals surface area contributed by atoms with E-state index in [9.17, 15) is 0 Å². The van der Waals surface area contributed by atoms with E-state index in [0.717, 1.165) is 5.57 Å². The first-order valence-corrected chi connectivity index (χ1v) is 3.28. The Balaban J connectivity index is 2.66. The van der Waals surface area contributed by atoms with Gasteiger partial charge in [-0.15, -0.1) is 0 Å². The number of aliphatic hydroxyl groups excluding tert-OH is 1. The summed E-state index contributed by atoms with van der Waals surface area (Å²) in [6, 6.07) is 0. The average Bonchev–Trinajstić information content (AvgIpc) is 1.88. The highest BCUT2D eigenvalue weighted by Crippen LogP contribution is 2.06. The zero-order chi connectivity index (χ0) is 7.56. The minimum Gasteiger partial charge on any atom is -0.389 e. The third-order valence-corrected chi connectivity index (χ3v) is 1.42. The van der Waals surface area contributed by atoms with Crippen molar-refractivity contribution in [2.75, 3.05) is 0 Å². The van der Waals surface area contributed by atoms with Crippen molar-refractivity contribution in [2.45, 2.75) is 19.2 Å². The molecule has 4 N–H and O–H groups in total. The maximum absolute atomic E-state index is 9.09. The molecule has 1 heterocycles. The molecule has 0 radical (unpaired) electrons. The summed E-state index contributed by atoms with van der Waals surface area (Å²) in [7, 11) is 0. The highest BCUT2D eigenvalue weighted by atomic mass is 16.3. The Hall–Kier alpha value is -0.800. The number of dihydropyridines is 1. The van der Waals surface area contributed by atoms with Crippen LogP contribution in [0.15, 0.2) is 23.9 Å². The van der Waals surface area contributed by atoms with E-state index < -0.39 is 6.10 Å². The van der Waals surface area contributed by atoms with Crippen LogP contribution >= 0.6 is 0 Å². The van der Waals surface area contributed by atoms with Crippen molar-refractivity contribution >= 4 is 0 Å². The fourth-order valence-corrected chi connectivity index (χ4v) is 0.845. The minimum atomic E-state index is -0.426. The summed E-state index contributed by atoms with van der Waals surface area (Å²) in [5.41, 5.74) is 6.38. The van der Waals surface area contributed by atoms with Gasteiger partial charge in [-0.1, -0.05) is 0 Å². The van der Waals surface area contributed by atoms with Crippen molar-refractivity contribution in [3.8, 4) is 0 Å². The Morgan fingerprint density at radius 3 is 2.90 bits per heavy atom. The van der Waals surface area contributed by atoms with Gasteiger partial charge in [0, 0.05) is 0 Å². The number of nitrogens with two attached hydrogens (primary N) is 1. The molecular weight excluding hydrogens is 128 g/mol. The monoisotopic (exact) mass is 140 g/mol. The first-order chi connectivity index (χ1) is 4.70. The molecule has 1 aliphatic heterocycles. The maximum atomic E-state index is 9.09. The van der Waals surface area contributed by atoms with Gasteiger partial charge in [0.25, 0.3) is 0 Å². The minimum absolute atomic E-state index is 0.158. The Bertz CT molecular complexity index is 172. The maximum Gasteiger partial charge on any atom is 0.0937 e. The summed E-state index contributed by atoms with van der Waals surface area (Å²) in [5, 5.41) is 12.0. The number of hydrogen-bond acceptors (Lipinski definition) is 3. The summed E-state index contributed by atoms with van der Waals surface area (Å²) in [6.45, 7) is 1.72. The van der Waals surface area contributed by atoms with Crippen LogP contribution in [-0.4, -0.2) is 17.4 Å². The quantitative estimate of drug-likeness (QED) is 0.468. The summed E-state index contributed by atoms with van der Waals surface area (Å²) < 4.78 is 0. The van der Waals surface area contributed by atoms with Crippen LogP contribution in [0.4, 0.5) is 0 Å². The van der Waals surface area contributed by atoms with Crippen LogP contribution < -0.4 is 11.1 Å². The Labute approximate surface area is 60.2 Å². The third-order valence-electron chi connectivity index (χ3n) is 1.42. The molecule has 1 rings (SSSR count). The molecule has 0 aromatic rings. The fraction of sp³-hybridized carbons (Fsp3) is 0.429. The Kier molecular flexibility index (Phi) is 2.09. The lowest BCUT2D eigenvalue weighted by atomic mass is 10.1. The highest BCUT2D eigenvalue weighted by molar-refractivity contribution is 5.26. The summed E-state index contributed by atoms with van der Waals surface area (Å²) >= 11 is 0. The number of rotatable bonds is 1. The molecule has 0 spiro atoms. The number of nitrogens with one attached hydrogen (secondary N) is 1. The van der Waals surface area contributed by atoms with Crippen molar-refractivity contribution < 1.29 is 5.11 Å². The van der Waals surface area contributed by atoms with Crippen LogP contribution in [0.25, 0.3) is 0 Å². The first-order valence-electron chi connectivity index (χ1n) is 3.28. The van der Waals surface area contributed by atoms with Crippen LogP contribution in [0.1, 0.15) is 6.92 Å². The summed E-state index contributed by atoms with van der Waals surface area (Å²) in [4.78, 5) is 0. The lowest BCUT2D eigenvalue weighted by Gasteiger charge is -2.15. The van der Waals surface area contributed by atoms with E-state index in [2.05, 4.69) is 5.32 Å². The molecule has 0 aliphatic carbocycles. The van der Waals surface area contributed by atoms with E-state index in [4.69, 9.17) is 10.8 Å². The first kappa shape index (κ1) is 7.31. The van der Waals surface area contributed by atoms with Crippen molar-refractivity contribution in [2.24, 2.45) is 5.73 Å². The summed E-state index contributed by atoms with van der Waals surface area (Å²) in [5.74, 6) is 0. The van der Waals surface area contributed by atoms with Crippen LogP contribution in [0.2, 0.25) is 0 Å². The Morgan fingerprint density at radius 2 is 2.50 bits per heavy atom. The molecule has 0 aromatic carbocycles. The zero-order valence-electron chi connectivity index (χ0n) is 5.91. The smallest absolute Gasteiger partial charge is 0.0937 e. The second-order valence-corrected chi connectivity index (χ2v) is 2.37. The predicted molar refractivity (Wildman–Crippen MR) is 40.0 cm³/mol. The van der Waals surface area contributed by atoms with Crippen LogP contribution in [0.3, 0.4) is 0 Å². The second-order valence-electron chi connectivity index (χ2n) is 2.37. The molecule has 10 heavy (non-hydrogen) atoms. The van der Waals surface area contributed by atoms with E-state index in [1.54, 1.807) is 19.2 Å². The molecule has 0 saturated heterocycles. The molecule has 0 aromatic heterocycles. The van der Waals surface area contributed by atoms with E-state index in [1.165, 1.54) is 0 Å². The molecule has 3 heteroatoms. The van der Waals surface area contributed by atoms with E-state index in [-0.39, 0.29) is 6.17 Å². The normalized spacial score (nSPS) is 27.1. The molecule has 0 bridgehead atoms. The molecule has 2 atom stereocenters. The van der Waals surface area contributed by atoms with Gasteiger partial charge in [0.05, 0.1) is 12.3 Å². The van der Waals surface area contributed by atoms with Gasteiger partial charge in [-0.2, -0.15) is 0 Å². The molecule has 0 amide bonds. The van der Waals surface area contributed by atoms with Crippen molar-refractivity contribution in [1.82, 2.24) is 5.32 Å². The van der Waals surface area contributed by atoms with Gasteiger partial charge in [-0.3, -0.25) is 0 Å². The van der Waals surface area contributed by atoms with Crippen molar-refractivity contribution in [3.05, 3.63) is 23.9 Å². The summed E-state index contributed by atoms with van der Waals surface area (Å²) in [6.07, 6.45) is 4.77. The number of hydrogen-bond donors (Lipinski definition) is 3. The predicted octanol–water partition coefficient (Wildman–Crippen LogP) is -0.305. The molecule has 0 saturated carbocycles. The van der Waals surface area contributed by atoms with Crippen LogP contribution in [0.5, 0.6) is 0 Å². The largest absolute Gasteiger partial charge is 0.389 e. The fourth-order valence-electron chi connectivity index (χ4n) is 0.845. The van der Waals surface area contributed by atoms with Gasteiger partial charge >= 0.3 is 0 Å². The van der Waals surface area contributed by atoms with Gasteiger partial charge in [-0.25, -0.2) is 0 Å².